The highest BCUT2D eigenvalue weighted by Gasteiger charge is 2.31. The Balaban J connectivity index is 1.63. The van der Waals surface area contributed by atoms with Crippen LogP contribution in [0.25, 0.3) is 0 Å². The molecule has 3 rings (SSSR count). The predicted molar refractivity (Wildman–Crippen MR) is 91.7 cm³/mol. The molecule has 0 radical (unpaired) electrons. The van der Waals surface area contributed by atoms with Crippen molar-refractivity contribution in [3.63, 3.8) is 0 Å². The molecule has 1 aliphatic rings. The van der Waals surface area contributed by atoms with Crippen LogP contribution >= 0.6 is 0 Å². The van der Waals surface area contributed by atoms with Crippen LogP contribution in [0.2, 0.25) is 0 Å². The lowest BCUT2D eigenvalue weighted by Gasteiger charge is -2.40. The molecule has 23 heavy (non-hydrogen) atoms. The fourth-order valence-corrected chi connectivity index (χ4v) is 3.39. The summed E-state index contributed by atoms with van der Waals surface area (Å²) in [7, 11) is 0. The van der Waals surface area contributed by atoms with Gasteiger partial charge in [-0.05, 0) is 54.6 Å². The zero-order valence-electron chi connectivity index (χ0n) is 13.5. The van der Waals surface area contributed by atoms with Crippen molar-refractivity contribution in [3.8, 4) is 0 Å². The standard InChI is InChI=1S/C20H23NO2/c1-20(18-8-3-2-4-9-18)10-12-21(13-11-20)15-16-6-5-7-17(14-16)19(22)23/h2-9,14H,10-13,15H2,1H3,(H,22,23). The van der Waals surface area contributed by atoms with E-state index in [-0.39, 0.29) is 5.41 Å². The Morgan fingerprint density at radius 1 is 1.09 bits per heavy atom. The molecule has 0 saturated carbocycles. The molecule has 0 amide bonds. The fourth-order valence-electron chi connectivity index (χ4n) is 3.39. The van der Waals surface area contributed by atoms with Gasteiger partial charge in [0.1, 0.15) is 0 Å². The van der Waals surface area contributed by atoms with Crippen LogP contribution in [-0.2, 0) is 12.0 Å². The van der Waals surface area contributed by atoms with Crippen LogP contribution in [-0.4, -0.2) is 29.1 Å². The third kappa shape index (κ3) is 3.62. The second-order valence-corrected chi connectivity index (χ2v) is 6.71. The Kier molecular flexibility index (Phi) is 4.49. The molecule has 2 aromatic carbocycles. The number of carboxylic acids is 1. The number of benzene rings is 2. The Labute approximate surface area is 137 Å². The predicted octanol–water partition coefficient (Wildman–Crippen LogP) is 3.94. The quantitative estimate of drug-likeness (QED) is 0.930. The van der Waals surface area contributed by atoms with E-state index in [2.05, 4.69) is 42.2 Å². The number of likely N-dealkylation sites (tertiary alicyclic amines) is 1. The van der Waals surface area contributed by atoms with Gasteiger partial charge in [0.2, 0.25) is 0 Å². The zero-order chi connectivity index (χ0) is 16.3. The average molecular weight is 309 g/mol. The Morgan fingerprint density at radius 2 is 1.78 bits per heavy atom. The lowest BCUT2D eigenvalue weighted by atomic mass is 9.74. The molecule has 0 bridgehead atoms. The van der Waals surface area contributed by atoms with Crippen molar-refractivity contribution in [2.75, 3.05) is 13.1 Å². The van der Waals surface area contributed by atoms with Crippen molar-refractivity contribution < 1.29 is 9.90 Å². The molecule has 1 saturated heterocycles. The van der Waals surface area contributed by atoms with Crippen molar-refractivity contribution in [1.82, 2.24) is 4.90 Å². The van der Waals surface area contributed by atoms with Gasteiger partial charge in [-0.25, -0.2) is 4.79 Å². The van der Waals surface area contributed by atoms with Crippen LogP contribution in [0, 0.1) is 0 Å². The summed E-state index contributed by atoms with van der Waals surface area (Å²) in [5.41, 5.74) is 3.12. The maximum absolute atomic E-state index is 11.1. The molecular weight excluding hydrogens is 286 g/mol. The lowest BCUT2D eigenvalue weighted by Crippen LogP contribution is -2.40. The van der Waals surface area contributed by atoms with Crippen LogP contribution in [0.4, 0.5) is 0 Å². The number of aromatic carboxylic acids is 1. The van der Waals surface area contributed by atoms with Gasteiger partial charge in [-0.1, -0.05) is 49.4 Å². The van der Waals surface area contributed by atoms with E-state index in [0.717, 1.165) is 38.0 Å². The molecule has 1 N–H and O–H groups in total. The molecule has 1 aliphatic heterocycles. The highest BCUT2D eigenvalue weighted by Crippen LogP contribution is 2.35. The van der Waals surface area contributed by atoms with Crippen molar-refractivity contribution in [3.05, 3.63) is 71.3 Å². The summed E-state index contributed by atoms with van der Waals surface area (Å²) < 4.78 is 0. The second-order valence-electron chi connectivity index (χ2n) is 6.71. The summed E-state index contributed by atoms with van der Waals surface area (Å²) in [5.74, 6) is -0.859. The fraction of sp³-hybridized carbons (Fsp3) is 0.350. The van der Waals surface area contributed by atoms with E-state index < -0.39 is 5.97 Å². The Morgan fingerprint density at radius 3 is 2.43 bits per heavy atom. The summed E-state index contributed by atoms with van der Waals surface area (Å²) in [6, 6.07) is 18.0. The summed E-state index contributed by atoms with van der Waals surface area (Å²) in [6.07, 6.45) is 2.27. The molecule has 1 fully saturated rings. The first kappa shape index (κ1) is 15.8. The summed E-state index contributed by atoms with van der Waals surface area (Å²) in [6.45, 7) is 5.27. The SMILES string of the molecule is CC1(c2ccccc2)CCN(Cc2cccc(C(=O)O)c2)CC1. The maximum atomic E-state index is 11.1. The van der Waals surface area contributed by atoms with Gasteiger partial charge >= 0.3 is 5.97 Å². The molecular formula is C20H23NO2. The molecule has 0 aliphatic carbocycles. The van der Waals surface area contributed by atoms with Crippen LogP contribution in [0.15, 0.2) is 54.6 Å². The van der Waals surface area contributed by atoms with Gasteiger partial charge in [-0.3, -0.25) is 4.90 Å². The first-order valence-electron chi connectivity index (χ1n) is 8.17. The normalized spacial score (nSPS) is 17.8. The van der Waals surface area contributed by atoms with Crippen molar-refractivity contribution in [1.29, 1.82) is 0 Å². The number of nitrogens with zero attached hydrogens (tertiary/aromatic N) is 1. The minimum Gasteiger partial charge on any atom is -0.478 e. The first-order chi connectivity index (χ1) is 11.1. The largest absolute Gasteiger partial charge is 0.478 e. The number of hydrogen-bond donors (Lipinski definition) is 1. The smallest absolute Gasteiger partial charge is 0.335 e. The molecule has 0 aromatic heterocycles. The molecule has 2 aromatic rings. The highest BCUT2D eigenvalue weighted by molar-refractivity contribution is 5.87. The van der Waals surface area contributed by atoms with Crippen LogP contribution in [0.1, 0.15) is 41.3 Å². The number of carbonyl (C=O) groups is 1. The Hall–Kier alpha value is -2.13. The minimum atomic E-state index is -0.859. The van der Waals surface area contributed by atoms with Crippen LogP contribution in [0.5, 0.6) is 0 Å². The zero-order valence-corrected chi connectivity index (χ0v) is 13.5. The average Bonchev–Trinajstić information content (AvgIpc) is 2.58. The summed E-state index contributed by atoms with van der Waals surface area (Å²) >= 11 is 0. The third-order valence-corrected chi connectivity index (χ3v) is 5.01. The van der Waals surface area contributed by atoms with E-state index in [0.29, 0.717) is 5.56 Å². The van der Waals surface area contributed by atoms with Crippen molar-refractivity contribution >= 4 is 5.97 Å². The van der Waals surface area contributed by atoms with E-state index in [4.69, 9.17) is 5.11 Å². The number of hydrogen-bond acceptors (Lipinski definition) is 2. The molecule has 0 unspecified atom stereocenters. The second kappa shape index (κ2) is 6.55. The first-order valence-corrected chi connectivity index (χ1v) is 8.17. The number of piperidine rings is 1. The van der Waals surface area contributed by atoms with E-state index in [1.165, 1.54) is 5.56 Å². The number of rotatable bonds is 4. The molecule has 3 nitrogen and oxygen atoms in total. The maximum Gasteiger partial charge on any atom is 0.335 e. The summed E-state index contributed by atoms with van der Waals surface area (Å²) in [4.78, 5) is 13.5. The third-order valence-electron chi connectivity index (χ3n) is 5.01. The van der Waals surface area contributed by atoms with E-state index in [1.807, 2.05) is 12.1 Å². The van der Waals surface area contributed by atoms with Crippen molar-refractivity contribution in [2.24, 2.45) is 0 Å². The van der Waals surface area contributed by atoms with Gasteiger partial charge in [0.25, 0.3) is 0 Å². The van der Waals surface area contributed by atoms with Gasteiger partial charge in [-0.2, -0.15) is 0 Å². The van der Waals surface area contributed by atoms with Crippen LogP contribution in [0.3, 0.4) is 0 Å². The molecule has 120 valence electrons. The lowest BCUT2D eigenvalue weighted by molar-refractivity contribution is 0.0696. The molecule has 3 heteroatoms. The van der Waals surface area contributed by atoms with Crippen LogP contribution < -0.4 is 0 Å². The molecule has 0 spiro atoms. The highest BCUT2D eigenvalue weighted by atomic mass is 16.4. The number of carboxylic acid groups (broad SMARTS) is 1. The topological polar surface area (TPSA) is 40.5 Å². The Bertz CT molecular complexity index is 673. The van der Waals surface area contributed by atoms with E-state index in [1.54, 1.807) is 12.1 Å². The van der Waals surface area contributed by atoms with Gasteiger partial charge in [-0.15, -0.1) is 0 Å². The van der Waals surface area contributed by atoms with Gasteiger partial charge < -0.3 is 5.11 Å². The minimum absolute atomic E-state index is 0.251. The van der Waals surface area contributed by atoms with E-state index in [9.17, 15) is 4.79 Å². The van der Waals surface area contributed by atoms with Gasteiger partial charge in [0, 0.05) is 6.54 Å². The molecule has 0 atom stereocenters. The van der Waals surface area contributed by atoms with Gasteiger partial charge in [0.15, 0.2) is 0 Å². The molecule has 1 heterocycles. The summed E-state index contributed by atoms with van der Waals surface area (Å²) in [5, 5.41) is 9.10. The van der Waals surface area contributed by atoms with E-state index >= 15 is 0 Å². The monoisotopic (exact) mass is 309 g/mol. The van der Waals surface area contributed by atoms with Gasteiger partial charge in [0.05, 0.1) is 5.56 Å². The van der Waals surface area contributed by atoms with Crippen molar-refractivity contribution in [2.45, 2.75) is 31.7 Å².